The molecule has 0 aliphatic heterocycles. The molecule has 0 spiro atoms. The quantitative estimate of drug-likeness (QED) is 0.266. The maximum absolute atomic E-state index is 11.0. The van der Waals surface area contributed by atoms with Crippen molar-refractivity contribution in [2.45, 2.75) is 12.8 Å². The Morgan fingerprint density at radius 2 is 1.77 bits per heavy atom. The summed E-state index contributed by atoms with van der Waals surface area (Å²) < 4.78 is 16.4. The summed E-state index contributed by atoms with van der Waals surface area (Å²) in [5.74, 6) is 0.634. The Labute approximate surface area is 132 Å². The Morgan fingerprint density at radius 3 is 2.27 bits per heavy atom. The molecule has 0 aromatic heterocycles. The van der Waals surface area contributed by atoms with Crippen LogP contribution >= 0.6 is 27.1 Å². The average Bonchev–Trinajstić information content (AvgIpc) is 2.36. The van der Waals surface area contributed by atoms with E-state index < -0.39 is 20.7 Å². The van der Waals surface area contributed by atoms with Crippen molar-refractivity contribution in [3.63, 3.8) is 0 Å². The summed E-state index contributed by atoms with van der Waals surface area (Å²) >= 11 is 5.72. The van der Waals surface area contributed by atoms with Crippen LogP contribution in [0.15, 0.2) is 29.3 Å². The normalized spacial score (nSPS) is 13.3. The van der Waals surface area contributed by atoms with Crippen LogP contribution in [0.5, 0.6) is 5.75 Å². The summed E-state index contributed by atoms with van der Waals surface area (Å²) in [6.45, 7) is 0.272. The first kappa shape index (κ1) is 19.5. The SMILES string of the molecule is O=P(O)(O)C(=NCCCCOc1ccc(Cl)cc1)[P+](O)(O)O. The fraction of sp³-hybridized carbons (Fsp3) is 0.364. The number of aliphatic imine (C=N–C) groups is 1. The van der Waals surface area contributed by atoms with Gasteiger partial charge >= 0.3 is 20.7 Å². The molecule has 8 nitrogen and oxygen atoms in total. The van der Waals surface area contributed by atoms with Crippen LogP contribution < -0.4 is 4.74 Å². The number of rotatable bonds is 8. The number of halogens is 1. The zero-order valence-electron chi connectivity index (χ0n) is 11.4. The minimum absolute atomic E-state index is 0.0755. The van der Waals surface area contributed by atoms with Crippen molar-refractivity contribution in [1.82, 2.24) is 0 Å². The van der Waals surface area contributed by atoms with Gasteiger partial charge in [-0.1, -0.05) is 11.6 Å². The molecule has 124 valence electrons. The van der Waals surface area contributed by atoms with Gasteiger partial charge in [0.1, 0.15) is 5.75 Å². The van der Waals surface area contributed by atoms with Crippen molar-refractivity contribution < 1.29 is 33.8 Å². The van der Waals surface area contributed by atoms with Crippen molar-refractivity contribution in [3.05, 3.63) is 29.3 Å². The summed E-state index contributed by atoms with van der Waals surface area (Å²) in [5, 5.41) is -0.672. The zero-order valence-corrected chi connectivity index (χ0v) is 14.0. The lowest BCUT2D eigenvalue weighted by atomic mass is 10.3. The molecule has 1 aromatic carbocycles. The van der Waals surface area contributed by atoms with E-state index in [9.17, 15) is 4.57 Å². The highest BCUT2D eigenvalue weighted by atomic mass is 35.5. The van der Waals surface area contributed by atoms with Crippen LogP contribution in [-0.2, 0) is 4.57 Å². The topological polar surface area (TPSA) is 140 Å². The van der Waals surface area contributed by atoms with Crippen LogP contribution in [0.25, 0.3) is 0 Å². The summed E-state index contributed by atoms with van der Waals surface area (Å²) in [6, 6.07) is 6.77. The van der Waals surface area contributed by atoms with Gasteiger partial charge in [-0.15, -0.1) is 0 Å². The predicted octanol–water partition coefficient (Wildman–Crippen LogP) is 1.77. The number of hydrogen-bond acceptors (Lipinski definition) is 6. The summed E-state index contributed by atoms with van der Waals surface area (Å²) in [6.07, 6.45) is 0.908. The van der Waals surface area contributed by atoms with Crippen LogP contribution in [0.2, 0.25) is 5.02 Å². The highest BCUT2D eigenvalue weighted by Gasteiger charge is 2.51. The summed E-state index contributed by atoms with van der Waals surface area (Å²) in [5.41, 5.74) is 0. The molecule has 0 fully saturated rings. The summed E-state index contributed by atoms with van der Waals surface area (Å²) in [4.78, 5) is 48.0. The van der Waals surface area contributed by atoms with E-state index in [1.54, 1.807) is 24.3 Å². The van der Waals surface area contributed by atoms with Crippen LogP contribution in [0.1, 0.15) is 12.8 Å². The monoisotopic (exact) mass is 372 g/mol. The largest absolute Gasteiger partial charge is 0.494 e. The molecule has 0 unspecified atom stereocenters. The van der Waals surface area contributed by atoms with Crippen LogP contribution in [-0.4, -0.2) is 42.8 Å². The Morgan fingerprint density at radius 1 is 1.18 bits per heavy atom. The molecule has 5 N–H and O–H groups in total. The Bertz CT molecular complexity index is 553. The predicted molar refractivity (Wildman–Crippen MR) is 84.1 cm³/mol. The smallest absolute Gasteiger partial charge is 0.469 e. The van der Waals surface area contributed by atoms with E-state index in [4.69, 9.17) is 40.8 Å². The lowest BCUT2D eigenvalue weighted by molar-refractivity contribution is 0.308. The van der Waals surface area contributed by atoms with E-state index in [1.165, 1.54) is 0 Å². The Hall–Kier alpha value is -0.560. The third-order valence-electron chi connectivity index (χ3n) is 2.42. The third-order valence-corrected chi connectivity index (χ3v) is 5.60. The minimum Gasteiger partial charge on any atom is -0.494 e. The first-order valence-corrected chi connectivity index (χ1v) is 9.81. The van der Waals surface area contributed by atoms with E-state index in [-0.39, 0.29) is 6.54 Å². The molecule has 11 heteroatoms. The fourth-order valence-corrected chi connectivity index (χ4v) is 3.57. The number of benzene rings is 1. The van der Waals surface area contributed by atoms with E-state index in [1.807, 2.05) is 0 Å². The highest BCUT2D eigenvalue weighted by molar-refractivity contribution is 8.00. The molecule has 0 bridgehead atoms. The van der Waals surface area contributed by atoms with Gasteiger partial charge in [0.05, 0.1) is 6.61 Å². The number of hydrogen-bond donors (Lipinski definition) is 5. The molecular weight excluding hydrogens is 356 g/mol. The molecule has 0 saturated carbocycles. The molecule has 1 rings (SSSR count). The first-order chi connectivity index (χ1) is 10.1. The van der Waals surface area contributed by atoms with Crippen LogP contribution in [0.3, 0.4) is 0 Å². The van der Waals surface area contributed by atoms with Gasteiger partial charge in [-0.05, 0) is 37.1 Å². The van der Waals surface area contributed by atoms with Crippen molar-refractivity contribution in [2.75, 3.05) is 13.2 Å². The lowest BCUT2D eigenvalue weighted by Crippen LogP contribution is -2.07. The Balaban J connectivity index is 2.38. The van der Waals surface area contributed by atoms with Crippen molar-refractivity contribution in [2.24, 2.45) is 4.99 Å². The van der Waals surface area contributed by atoms with Crippen LogP contribution in [0, 0.1) is 0 Å². The molecule has 0 amide bonds. The number of unbranched alkanes of at least 4 members (excludes halogenated alkanes) is 1. The van der Waals surface area contributed by atoms with Crippen molar-refractivity contribution >= 4 is 32.3 Å². The second-order valence-electron chi connectivity index (χ2n) is 4.30. The molecule has 0 aliphatic carbocycles. The minimum atomic E-state index is -5.00. The van der Waals surface area contributed by atoms with Gasteiger partial charge in [0.15, 0.2) is 0 Å². The molecule has 22 heavy (non-hydrogen) atoms. The second kappa shape index (κ2) is 8.34. The van der Waals surface area contributed by atoms with E-state index in [2.05, 4.69) is 4.99 Å². The maximum Gasteiger partial charge on any atom is 0.469 e. The molecule has 0 saturated heterocycles. The van der Waals surface area contributed by atoms with Crippen molar-refractivity contribution in [3.8, 4) is 5.75 Å². The maximum atomic E-state index is 11.0. The summed E-state index contributed by atoms with van der Waals surface area (Å²) in [7, 11) is -9.81. The molecule has 1 aromatic rings. The van der Waals surface area contributed by atoms with E-state index in [0.29, 0.717) is 30.2 Å². The molecule has 0 atom stereocenters. The van der Waals surface area contributed by atoms with Crippen molar-refractivity contribution in [1.29, 1.82) is 0 Å². The van der Waals surface area contributed by atoms with Gasteiger partial charge in [-0.25, -0.2) is 9.56 Å². The standard InChI is InChI=1S/C11H16ClNO7P2/c12-9-3-5-10(6-4-9)20-8-2-1-7-13-11(21(14,15)16)22(17,18)19/h3-6,14-16H,1-2,7-8H2,(H-,17,18,19)/p+1. The molecular formula is C11H17ClNO7P2+. The van der Waals surface area contributed by atoms with Gasteiger partial charge in [0.2, 0.25) is 0 Å². The average molecular weight is 373 g/mol. The fourth-order valence-electron chi connectivity index (χ4n) is 1.48. The second-order valence-corrected chi connectivity index (χ2v) is 8.16. The number of ether oxygens (including phenoxy) is 1. The molecule has 0 heterocycles. The van der Waals surface area contributed by atoms with Gasteiger partial charge in [-0.2, -0.15) is 14.7 Å². The van der Waals surface area contributed by atoms with Gasteiger partial charge in [0, 0.05) is 11.6 Å². The van der Waals surface area contributed by atoms with E-state index in [0.717, 1.165) is 0 Å². The lowest BCUT2D eigenvalue weighted by Gasteiger charge is -2.08. The van der Waals surface area contributed by atoms with Crippen LogP contribution in [0.4, 0.5) is 0 Å². The third kappa shape index (κ3) is 7.13. The van der Waals surface area contributed by atoms with E-state index >= 15 is 0 Å². The number of nitrogens with zero attached hydrogens (tertiary/aromatic N) is 1. The molecule has 0 radical (unpaired) electrons. The highest BCUT2D eigenvalue weighted by Crippen LogP contribution is 2.60. The molecule has 0 aliphatic rings. The van der Waals surface area contributed by atoms with Gasteiger partial charge < -0.3 is 14.5 Å². The first-order valence-electron chi connectivity index (χ1n) is 6.17. The van der Waals surface area contributed by atoms with Gasteiger partial charge in [-0.3, -0.25) is 0 Å². The Kier molecular flexibility index (Phi) is 7.38. The van der Waals surface area contributed by atoms with Gasteiger partial charge in [0.25, 0.3) is 0 Å². The zero-order chi connectivity index (χ0) is 16.8.